The third-order valence-corrected chi connectivity index (χ3v) is 4.92. The highest BCUT2D eigenvalue weighted by Gasteiger charge is 2.21. The number of aromatic nitrogens is 5. The van der Waals surface area contributed by atoms with E-state index in [-0.39, 0.29) is 29.5 Å². The summed E-state index contributed by atoms with van der Waals surface area (Å²) in [5.41, 5.74) is 7.68. The van der Waals surface area contributed by atoms with E-state index in [1.807, 2.05) is 37.2 Å². The van der Waals surface area contributed by atoms with Gasteiger partial charge in [-0.25, -0.2) is 9.97 Å². The van der Waals surface area contributed by atoms with Gasteiger partial charge in [-0.15, -0.1) is 0 Å². The average molecular weight is 446 g/mol. The molecule has 0 saturated heterocycles. The molecule has 33 heavy (non-hydrogen) atoms. The molecular weight excluding hydrogens is 424 g/mol. The van der Waals surface area contributed by atoms with Gasteiger partial charge in [0.15, 0.2) is 0 Å². The minimum absolute atomic E-state index is 0.0346. The first-order chi connectivity index (χ1) is 15.8. The van der Waals surface area contributed by atoms with Crippen molar-refractivity contribution in [2.24, 2.45) is 7.05 Å². The minimum atomic E-state index is -0.524. The van der Waals surface area contributed by atoms with Crippen molar-refractivity contribution in [2.45, 2.75) is 6.42 Å². The lowest BCUT2D eigenvalue weighted by Crippen LogP contribution is -2.19. The SMILES string of the molecule is CN(C)c1cccc(Cc2oc(NC(=O)c3cnccn3)nc2-c2ccc(=O)n(C)c2N)n1. The second-order valence-electron chi connectivity index (χ2n) is 7.42. The topological polar surface area (TPSA) is 145 Å². The number of amides is 1. The Hall–Kier alpha value is -4.54. The standard InChI is InChI=1S/C22H22N8O3/c1-29(2)17-6-4-5-13(26-17)11-16-19(14-7-8-18(31)30(3)20(14)23)27-22(33-16)28-21(32)15-12-24-9-10-25-15/h4-10,12H,11,23H2,1-3H3,(H,27,28,32). The van der Waals surface area contributed by atoms with Crippen LogP contribution >= 0.6 is 0 Å². The summed E-state index contributed by atoms with van der Waals surface area (Å²) in [5.74, 6) is 0.909. The van der Waals surface area contributed by atoms with E-state index in [2.05, 4.69) is 25.3 Å². The molecule has 0 fully saturated rings. The predicted molar refractivity (Wildman–Crippen MR) is 123 cm³/mol. The molecule has 11 heteroatoms. The van der Waals surface area contributed by atoms with E-state index < -0.39 is 5.91 Å². The third kappa shape index (κ3) is 4.56. The molecule has 0 bridgehead atoms. The fourth-order valence-electron chi connectivity index (χ4n) is 3.14. The summed E-state index contributed by atoms with van der Waals surface area (Å²) in [7, 11) is 5.37. The second-order valence-corrected chi connectivity index (χ2v) is 7.42. The number of carbonyl (C=O) groups excluding carboxylic acids is 1. The maximum absolute atomic E-state index is 12.5. The van der Waals surface area contributed by atoms with Gasteiger partial charge in [0, 0.05) is 45.2 Å². The zero-order valence-electron chi connectivity index (χ0n) is 18.3. The lowest BCUT2D eigenvalue weighted by atomic mass is 10.1. The Morgan fingerprint density at radius 2 is 2.00 bits per heavy atom. The number of pyridine rings is 2. The van der Waals surface area contributed by atoms with Gasteiger partial charge >= 0.3 is 6.01 Å². The number of oxazole rings is 1. The second kappa shape index (κ2) is 8.91. The van der Waals surface area contributed by atoms with Gasteiger partial charge in [0.05, 0.1) is 18.3 Å². The third-order valence-electron chi connectivity index (χ3n) is 4.92. The highest BCUT2D eigenvalue weighted by atomic mass is 16.4. The number of nitrogens with one attached hydrogen (secondary N) is 1. The summed E-state index contributed by atoms with van der Waals surface area (Å²) in [6.07, 6.45) is 4.50. The first-order valence-electron chi connectivity index (χ1n) is 9.99. The molecular formula is C22H22N8O3. The molecule has 0 radical (unpaired) electrons. The van der Waals surface area contributed by atoms with Crippen LogP contribution in [0.4, 0.5) is 17.7 Å². The van der Waals surface area contributed by atoms with Crippen LogP contribution in [-0.2, 0) is 13.5 Å². The molecule has 4 aromatic rings. The van der Waals surface area contributed by atoms with Gasteiger partial charge < -0.3 is 15.1 Å². The number of carbonyl (C=O) groups is 1. The predicted octanol–water partition coefficient (Wildman–Crippen LogP) is 1.72. The van der Waals surface area contributed by atoms with Gasteiger partial charge in [0.2, 0.25) is 0 Å². The fourth-order valence-corrected chi connectivity index (χ4v) is 3.14. The van der Waals surface area contributed by atoms with Gasteiger partial charge in [-0.3, -0.25) is 24.5 Å². The number of nitrogens with zero attached hydrogens (tertiary/aromatic N) is 6. The molecule has 1 amide bonds. The number of nitrogens with two attached hydrogens (primary N) is 1. The van der Waals surface area contributed by atoms with Crippen LogP contribution in [0.2, 0.25) is 0 Å². The molecule has 0 unspecified atom stereocenters. The van der Waals surface area contributed by atoms with E-state index in [1.54, 1.807) is 13.1 Å². The van der Waals surface area contributed by atoms with Crippen LogP contribution in [0.1, 0.15) is 21.9 Å². The number of hydrogen-bond donors (Lipinski definition) is 2. The first kappa shape index (κ1) is 21.7. The Morgan fingerprint density at radius 1 is 1.18 bits per heavy atom. The summed E-state index contributed by atoms with van der Waals surface area (Å²) in [5, 5.41) is 2.59. The van der Waals surface area contributed by atoms with Crippen molar-refractivity contribution in [3.8, 4) is 11.3 Å². The maximum atomic E-state index is 12.5. The Labute approximate surface area is 189 Å². The Morgan fingerprint density at radius 3 is 2.73 bits per heavy atom. The molecule has 4 aromatic heterocycles. The number of rotatable bonds is 6. The zero-order chi connectivity index (χ0) is 23.5. The van der Waals surface area contributed by atoms with Crippen molar-refractivity contribution in [1.82, 2.24) is 24.5 Å². The van der Waals surface area contributed by atoms with Gasteiger partial charge in [-0.1, -0.05) is 6.07 Å². The number of hydrogen-bond acceptors (Lipinski definition) is 9. The molecule has 0 spiro atoms. The molecule has 0 saturated carbocycles. The zero-order valence-corrected chi connectivity index (χ0v) is 18.3. The van der Waals surface area contributed by atoms with E-state index in [4.69, 9.17) is 10.2 Å². The highest BCUT2D eigenvalue weighted by molar-refractivity contribution is 6.01. The van der Waals surface area contributed by atoms with Crippen molar-refractivity contribution < 1.29 is 9.21 Å². The fraction of sp³-hybridized carbons (Fsp3) is 0.182. The van der Waals surface area contributed by atoms with E-state index in [9.17, 15) is 9.59 Å². The maximum Gasteiger partial charge on any atom is 0.302 e. The summed E-state index contributed by atoms with van der Waals surface area (Å²) >= 11 is 0. The molecule has 0 aliphatic rings. The van der Waals surface area contributed by atoms with Crippen molar-refractivity contribution >= 4 is 23.6 Å². The van der Waals surface area contributed by atoms with Gasteiger partial charge in [0.1, 0.15) is 28.8 Å². The van der Waals surface area contributed by atoms with Gasteiger partial charge in [-0.05, 0) is 18.2 Å². The number of nitrogen functional groups attached to an aromatic ring is 1. The summed E-state index contributed by atoms with van der Waals surface area (Å²) in [6.45, 7) is 0. The first-order valence-corrected chi connectivity index (χ1v) is 9.99. The van der Waals surface area contributed by atoms with E-state index in [0.29, 0.717) is 17.0 Å². The molecule has 168 valence electrons. The quantitative estimate of drug-likeness (QED) is 0.452. The lowest BCUT2D eigenvalue weighted by Gasteiger charge is -2.12. The van der Waals surface area contributed by atoms with Crippen LogP contribution in [0.5, 0.6) is 0 Å². The normalized spacial score (nSPS) is 10.8. The van der Waals surface area contributed by atoms with E-state index >= 15 is 0 Å². The molecule has 4 heterocycles. The summed E-state index contributed by atoms with van der Waals surface area (Å²) < 4.78 is 7.22. The van der Waals surface area contributed by atoms with Crippen molar-refractivity contribution in [2.75, 3.05) is 30.0 Å². The van der Waals surface area contributed by atoms with Crippen LogP contribution in [0.25, 0.3) is 11.3 Å². The van der Waals surface area contributed by atoms with Crippen LogP contribution in [0.15, 0.2) is 58.1 Å². The van der Waals surface area contributed by atoms with Crippen LogP contribution in [0.3, 0.4) is 0 Å². The van der Waals surface area contributed by atoms with Crippen molar-refractivity contribution in [3.63, 3.8) is 0 Å². The Bertz CT molecular complexity index is 1360. The summed E-state index contributed by atoms with van der Waals surface area (Å²) in [4.78, 5) is 43.3. The Balaban J connectivity index is 1.75. The van der Waals surface area contributed by atoms with Crippen molar-refractivity contribution in [3.05, 3.63) is 76.4 Å². The van der Waals surface area contributed by atoms with Crippen molar-refractivity contribution in [1.29, 1.82) is 0 Å². The molecule has 3 N–H and O–H groups in total. The Kier molecular flexibility index (Phi) is 5.85. The van der Waals surface area contributed by atoms with Gasteiger partial charge in [0.25, 0.3) is 11.5 Å². The smallest absolute Gasteiger partial charge is 0.302 e. The minimum Gasteiger partial charge on any atom is -0.427 e. The molecule has 0 atom stereocenters. The largest absolute Gasteiger partial charge is 0.427 e. The monoisotopic (exact) mass is 446 g/mol. The lowest BCUT2D eigenvalue weighted by molar-refractivity contribution is 0.101. The molecule has 0 aliphatic heterocycles. The van der Waals surface area contributed by atoms with Crippen LogP contribution in [-0.4, -0.2) is 44.5 Å². The molecule has 0 aliphatic carbocycles. The number of anilines is 3. The van der Waals surface area contributed by atoms with E-state index in [1.165, 1.54) is 29.2 Å². The van der Waals surface area contributed by atoms with Crippen LogP contribution < -0.4 is 21.5 Å². The highest BCUT2D eigenvalue weighted by Crippen LogP contribution is 2.31. The molecule has 11 nitrogen and oxygen atoms in total. The van der Waals surface area contributed by atoms with Crippen LogP contribution in [0, 0.1) is 0 Å². The van der Waals surface area contributed by atoms with E-state index in [0.717, 1.165) is 11.5 Å². The van der Waals surface area contributed by atoms with Gasteiger partial charge in [-0.2, -0.15) is 4.98 Å². The molecule has 0 aromatic carbocycles. The molecule has 4 rings (SSSR count). The summed E-state index contributed by atoms with van der Waals surface area (Å²) in [6, 6.07) is 8.59. The average Bonchev–Trinajstić information content (AvgIpc) is 3.19.